The number of aromatic nitrogens is 1. The average Bonchev–Trinajstić information content (AvgIpc) is 2.77. The Morgan fingerprint density at radius 1 is 1.29 bits per heavy atom. The van der Waals surface area contributed by atoms with Crippen molar-refractivity contribution in [2.45, 2.75) is 6.42 Å². The molecule has 0 bridgehead atoms. The second-order valence-electron chi connectivity index (χ2n) is 3.47. The standard InChI is InChI=1S/C12H11BrN2O2/c13-11-2-1-10(17-11)12(16)15-8-5-9-3-6-14-7-4-9/h1-4,6-7H,5,8H2,(H,15,16). The molecule has 0 saturated carbocycles. The first-order valence-electron chi connectivity index (χ1n) is 5.18. The molecule has 0 aromatic carbocycles. The summed E-state index contributed by atoms with van der Waals surface area (Å²) in [5.41, 5.74) is 1.14. The lowest BCUT2D eigenvalue weighted by atomic mass is 10.2. The fourth-order valence-electron chi connectivity index (χ4n) is 1.39. The third-order valence-corrected chi connectivity index (χ3v) is 2.67. The van der Waals surface area contributed by atoms with E-state index in [2.05, 4.69) is 26.2 Å². The molecule has 0 saturated heterocycles. The van der Waals surface area contributed by atoms with Crippen molar-refractivity contribution in [3.05, 3.63) is 52.7 Å². The summed E-state index contributed by atoms with van der Waals surface area (Å²) in [4.78, 5) is 15.5. The third-order valence-electron chi connectivity index (χ3n) is 2.25. The van der Waals surface area contributed by atoms with Crippen LogP contribution in [0.4, 0.5) is 0 Å². The molecule has 0 atom stereocenters. The lowest BCUT2D eigenvalue weighted by Gasteiger charge is -2.02. The van der Waals surface area contributed by atoms with Crippen LogP contribution in [0.1, 0.15) is 16.1 Å². The van der Waals surface area contributed by atoms with Crippen molar-refractivity contribution in [1.29, 1.82) is 0 Å². The quantitative estimate of drug-likeness (QED) is 0.942. The maximum atomic E-state index is 11.6. The number of nitrogens with one attached hydrogen (secondary N) is 1. The van der Waals surface area contributed by atoms with Crippen molar-refractivity contribution < 1.29 is 9.21 Å². The van der Waals surface area contributed by atoms with Crippen molar-refractivity contribution >= 4 is 21.8 Å². The zero-order chi connectivity index (χ0) is 12.1. The van der Waals surface area contributed by atoms with Crippen molar-refractivity contribution in [3.63, 3.8) is 0 Å². The molecule has 0 radical (unpaired) electrons. The minimum Gasteiger partial charge on any atom is -0.444 e. The van der Waals surface area contributed by atoms with Crippen LogP contribution in [0.15, 0.2) is 45.7 Å². The Bertz CT molecular complexity index is 496. The molecule has 2 aromatic heterocycles. The molecule has 2 rings (SSSR count). The molecule has 4 nitrogen and oxygen atoms in total. The molecule has 2 aromatic rings. The summed E-state index contributed by atoms with van der Waals surface area (Å²) in [6, 6.07) is 7.18. The molecule has 0 spiro atoms. The highest BCUT2D eigenvalue weighted by atomic mass is 79.9. The molecular formula is C12H11BrN2O2. The van der Waals surface area contributed by atoms with Crippen LogP contribution in [-0.2, 0) is 6.42 Å². The number of amides is 1. The van der Waals surface area contributed by atoms with E-state index in [1.54, 1.807) is 24.5 Å². The van der Waals surface area contributed by atoms with E-state index in [0.29, 0.717) is 17.0 Å². The number of pyridine rings is 1. The van der Waals surface area contributed by atoms with Crippen LogP contribution >= 0.6 is 15.9 Å². The van der Waals surface area contributed by atoms with Gasteiger partial charge in [0.15, 0.2) is 10.4 Å². The highest BCUT2D eigenvalue weighted by Gasteiger charge is 2.09. The van der Waals surface area contributed by atoms with Crippen LogP contribution < -0.4 is 5.32 Å². The second-order valence-corrected chi connectivity index (χ2v) is 4.25. The summed E-state index contributed by atoms with van der Waals surface area (Å²) >= 11 is 3.15. The van der Waals surface area contributed by atoms with Gasteiger partial charge in [-0.25, -0.2) is 0 Å². The number of hydrogen-bond acceptors (Lipinski definition) is 3. The van der Waals surface area contributed by atoms with Gasteiger partial charge in [0, 0.05) is 18.9 Å². The third kappa shape index (κ3) is 3.42. The van der Waals surface area contributed by atoms with Crippen LogP contribution in [0.2, 0.25) is 0 Å². The van der Waals surface area contributed by atoms with Gasteiger partial charge in [0.25, 0.3) is 5.91 Å². The topological polar surface area (TPSA) is 55.1 Å². The summed E-state index contributed by atoms with van der Waals surface area (Å²) in [5, 5.41) is 2.79. The highest BCUT2D eigenvalue weighted by Crippen LogP contribution is 2.13. The second kappa shape index (κ2) is 5.63. The van der Waals surface area contributed by atoms with Crippen molar-refractivity contribution in [1.82, 2.24) is 10.3 Å². The van der Waals surface area contributed by atoms with Crippen molar-refractivity contribution in [2.24, 2.45) is 0 Å². The first-order valence-corrected chi connectivity index (χ1v) is 5.97. The predicted molar refractivity (Wildman–Crippen MR) is 66.7 cm³/mol. The maximum Gasteiger partial charge on any atom is 0.287 e. The molecule has 0 aliphatic carbocycles. The zero-order valence-corrected chi connectivity index (χ0v) is 10.6. The van der Waals surface area contributed by atoms with Gasteiger partial charge in [-0.3, -0.25) is 9.78 Å². The summed E-state index contributed by atoms with van der Waals surface area (Å²) in [6.07, 6.45) is 4.25. The van der Waals surface area contributed by atoms with E-state index in [1.807, 2.05) is 12.1 Å². The van der Waals surface area contributed by atoms with Gasteiger partial charge in [-0.2, -0.15) is 0 Å². The van der Waals surface area contributed by atoms with Crippen LogP contribution in [0.3, 0.4) is 0 Å². The Hall–Kier alpha value is -1.62. The molecule has 0 unspecified atom stereocenters. The summed E-state index contributed by atoms with van der Waals surface area (Å²) in [5.74, 6) is 0.108. The van der Waals surface area contributed by atoms with Crippen LogP contribution in [0.25, 0.3) is 0 Å². The first kappa shape index (κ1) is 11.9. The van der Waals surface area contributed by atoms with Gasteiger partial charge in [0.1, 0.15) is 0 Å². The number of hydrogen-bond donors (Lipinski definition) is 1. The number of carbonyl (C=O) groups excluding carboxylic acids is 1. The Morgan fingerprint density at radius 3 is 2.71 bits per heavy atom. The van der Waals surface area contributed by atoms with E-state index < -0.39 is 0 Å². The van der Waals surface area contributed by atoms with Crippen LogP contribution in [0.5, 0.6) is 0 Å². The van der Waals surface area contributed by atoms with E-state index in [9.17, 15) is 4.79 Å². The van der Waals surface area contributed by atoms with Crippen LogP contribution in [0, 0.1) is 0 Å². The molecular weight excluding hydrogens is 284 g/mol. The molecule has 1 amide bonds. The Balaban J connectivity index is 1.81. The van der Waals surface area contributed by atoms with Gasteiger partial charge >= 0.3 is 0 Å². The van der Waals surface area contributed by atoms with Crippen LogP contribution in [-0.4, -0.2) is 17.4 Å². The fraction of sp³-hybridized carbons (Fsp3) is 0.167. The summed E-state index contributed by atoms with van der Waals surface area (Å²) in [6.45, 7) is 0.571. The monoisotopic (exact) mass is 294 g/mol. The lowest BCUT2D eigenvalue weighted by molar-refractivity contribution is 0.0925. The molecule has 0 aliphatic heterocycles. The molecule has 17 heavy (non-hydrogen) atoms. The Kier molecular flexibility index (Phi) is 3.93. The summed E-state index contributed by atoms with van der Waals surface area (Å²) < 4.78 is 5.70. The SMILES string of the molecule is O=C(NCCc1ccncc1)c1ccc(Br)o1. The Labute approximate surface area is 107 Å². The number of halogens is 1. The van der Waals surface area contributed by atoms with E-state index in [4.69, 9.17) is 4.42 Å². The van der Waals surface area contributed by atoms with Gasteiger partial charge in [0.05, 0.1) is 0 Å². The normalized spacial score (nSPS) is 10.2. The molecule has 88 valence electrons. The molecule has 2 heterocycles. The molecule has 1 N–H and O–H groups in total. The number of nitrogens with zero attached hydrogens (tertiary/aromatic N) is 1. The van der Waals surface area contributed by atoms with Crippen molar-refractivity contribution in [3.8, 4) is 0 Å². The van der Waals surface area contributed by atoms with E-state index in [0.717, 1.165) is 12.0 Å². The van der Waals surface area contributed by atoms with Gasteiger partial charge in [0.2, 0.25) is 0 Å². The van der Waals surface area contributed by atoms with Crippen molar-refractivity contribution in [2.75, 3.05) is 6.54 Å². The summed E-state index contributed by atoms with van der Waals surface area (Å²) in [7, 11) is 0. The fourth-order valence-corrected chi connectivity index (χ4v) is 1.70. The number of rotatable bonds is 4. The molecule has 0 fully saturated rings. The molecule has 5 heteroatoms. The smallest absolute Gasteiger partial charge is 0.287 e. The minimum absolute atomic E-state index is 0.204. The van der Waals surface area contributed by atoms with E-state index >= 15 is 0 Å². The van der Waals surface area contributed by atoms with Gasteiger partial charge in [-0.05, 0) is 52.2 Å². The van der Waals surface area contributed by atoms with E-state index in [1.165, 1.54) is 0 Å². The predicted octanol–water partition coefficient (Wildman–Crippen LogP) is 2.41. The highest BCUT2D eigenvalue weighted by molar-refractivity contribution is 9.10. The first-order chi connectivity index (χ1) is 8.25. The number of furan rings is 1. The van der Waals surface area contributed by atoms with E-state index in [-0.39, 0.29) is 5.91 Å². The maximum absolute atomic E-state index is 11.6. The Morgan fingerprint density at radius 2 is 2.06 bits per heavy atom. The number of carbonyl (C=O) groups is 1. The molecule has 0 aliphatic rings. The largest absolute Gasteiger partial charge is 0.444 e. The lowest BCUT2D eigenvalue weighted by Crippen LogP contribution is -2.25. The van der Waals surface area contributed by atoms with Gasteiger partial charge in [-0.1, -0.05) is 0 Å². The minimum atomic E-state index is -0.204. The van der Waals surface area contributed by atoms with Gasteiger partial charge in [-0.15, -0.1) is 0 Å². The van der Waals surface area contributed by atoms with Gasteiger partial charge < -0.3 is 9.73 Å². The zero-order valence-electron chi connectivity index (χ0n) is 9.02. The average molecular weight is 295 g/mol.